The number of aromatic nitrogens is 1. The second-order valence-corrected chi connectivity index (χ2v) is 14.1. The number of aryl methyl sites for hydroxylation is 3. The first kappa shape index (κ1) is 41.0. The topological polar surface area (TPSA) is 69.3 Å². The second-order valence-electron chi connectivity index (χ2n) is 10.6. The van der Waals surface area contributed by atoms with Crippen LogP contribution in [0.1, 0.15) is 28.2 Å². The average molecular weight is 797 g/mol. The third kappa shape index (κ3) is 11.1. The Bertz CT molecular complexity index is 1360. The molecule has 0 amide bonds. The van der Waals surface area contributed by atoms with Crippen LogP contribution in [-0.4, -0.2) is 47.3 Å². The molecule has 46 heavy (non-hydrogen) atoms. The Labute approximate surface area is 298 Å². The van der Waals surface area contributed by atoms with Crippen LogP contribution in [0.15, 0.2) is 128 Å². The molecule has 0 spiro atoms. The van der Waals surface area contributed by atoms with Gasteiger partial charge < -0.3 is 21.3 Å². The predicted molar refractivity (Wildman–Crippen MR) is 201 cm³/mol. The van der Waals surface area contributed by atoms with Crippen LogP contribution in [0.25, 0.3) is 21.3 Å². The van der Waals surface area contributed by atoms with Gasteiger partial charge in [-0.2, -0.15) is 42.3 Å². The summed E-state index contributed by atoms with van der Waals surface area (Å²) in [6.45, 7) is 6.49. The summed E-state index contributed by atoms with van der Waals surface area (Å²) < 4.78 is 0. The predicted octanol–water partition coefficient (Wildman–Crippen LogP) is 9.56. The summed E-state index contributed by atoms with van der Waals surface area (Å²) in [5.41, 5.74) is 5.69. The van der Waals surface area contributed by atoms with E-state index in [2.05, 4.69) is 152 Å². The monoisotopic (exact) mass is 798 g/mol. The summed E-state index contributed by atoms with van der Waals surface area (Å²) in [4.78, 5) is 4.93. The quantitative estimate of drug-likeness (QED) is 0.120. The van der Waals surface area contributed by atoms with Crippen molar-refractivity contribution in [3.8, 4) is 0 Å². The molecule has 7 heteroatoms. The van der Waals surface area contributed by atoms with Gasteiger partial charge in [-0.1, -0.05) is 89.5 Å². The van der Waals surface area contributed by atoms with Crippen molar-refractivity contribution in [2.24, 2.45) is 0 Å². The number of rotatable bonds is 7. The van der Waals surface area contributed by atoms with Crippen molar-refractivity contribution in [3.63, 3.8) is 0 Å². The molecule has 0 N–H and O–H groups in total. The number of pyridine rings is 1. The van der Waals surface area contributed by atoms with E-state index in [0.717, 1.165) is 11.4 Å². The van der Waals surface area contributed by atoms with Crippen LogP contribution in [0.3, 0.4) is 0 Å². The molecule has 1 unspecified atom stereocenters. The Morgan fingerprint density at radius 1 is 0.522 bits per heavy atom. The van der Waals surface area contributed by atoms with Gasteiger partial charge >= 0.3 is 25.8 Å². The van der Waals surface area contributed by atoms with Crippen molar-refractivity contribution in [1.82, 2.24) is 4.98 Å². The summed E-state index contributed by atoms with van der Waals surface area (Å²) in [7, 11) is 8.17. The van der Waals surface area contributed by atoms with Gasteiger partial charge in [-0.3, -0.25) is 4.98 Å². The van der Waals surface area contributed by atoms with Crippen molar-refractivity contribution < 1.29 is 25.8 Å². The molecule has 1 aromatic heterocycles. The number of hydrogen-bond acceptors (Lipinski definition) is 1. The fraction of sp³-hybridized carbons (Fsp3) is 0.256. The van der Waals surface area contributed by atoms with Crippen molar-refractivity contribution in [1.29, 1.82) is 0 Å². The smallest absolute Gasteiger partial charge is 0.668 e. The van der Waals surface area contributed by atoms with Crippen LogP contribution in [0.2, 0.25) is 0 Å². The largest absolute Gasteiger partial charge is 4.00 e. The van der Waals surface area contributed by atoms with Crippen molar-refractivity contribution >= 4 is 28.9 Å². The minimum Gasteiger partial charge on any atom is -0.668 e. The Morgan fingerprint density at radius 3 is 1.20 bits per heavy atom. The van der Waals surface area contributed by atoms with E-state index in [0.29, 0.717) is 0 Å². The Balaban J connectivity index is 0.000000952. The Kier molecular flexibility index (Phi) is 20.1. The number of hydrogen-bond donors (Lipinski definition) is 0. The molecule has 5 nitrogen and oxygen atoms in total. The van der Waals surface area contributed by atoms with Crippen LogP contribution < -0.4 is 15.9 Å². The summed E-state index contributed by atoms with van der Waals surface area (Å²) in [5, 5.41) is 20.0. The number of benzene rings is 4. The van der Waals surface area contributed by atoms with Crippen LogP contribution in [-0.2, 0) is 25.8 Å². The van der Waals surface area contributed by atoms with Crippen LogP contribution in [0.5, 0.6) is 0 Å². The molecule has 4 aromatic carbocycles. The summed E-state index contributed by atoms with van der Waals surface area (Å²) in [5.74, 6) is -0.189. The van der Waals surface area contributed by atoms with Gasteiger partial charge in [0.25, 0.3) is 0 Å². The normalized spacial score (nSPS) is 10.7. The Morgan fingerprint density at radius 2 is 0.870 bits per heavy atom. The molecule has 0 aliphatic carbocycles. The minimum absolute atomic E-state index is 0. The first-order valence-corrected chi connectivity index (χ1v) is 16.9. The van der Waals surface area contributed by atoms with Gasteiger partial charge in [0.2, 0.25) is 0 Å². The van der Waals surface area contributed by atoms with Gasteiger partial charge in [0.15, 0.2) is 0 Å². The van der Waals surface area contributed by atoms with Gasteiger partial charge in [0, 0.05) is 6.20 Å². The number of nitrogens with zero attached hydrogens (tertiary/aromatic N) is 5. The minimum atomic E-state index is -2.33. The van der Waals surface area contributed by atoms with E-state index in [9.17, 15) is 0 Å². The van der Waals surface area contributed by atoms with Gasteiger partial charge in [0.05, 0.1) is 11.5 Å². The molecule has 0 bridgehead atoms. The van der Waals surface area contributed by atoms with Gasteiger partial charge in [-0.25, -0.2) is 0 Å². The molecule has 0 radical (unpaired) electrons. The van der Waals surface area contributed by atoms with Crippen LogP contribution in [0, 0.1) is 20.8 Å². The maximum absolute atomic E-state index is 5.66. The van der Waals surface area contributed by atoms with E-state index in [1.54, 1.807) is 42.3 Å². The molecule has 1 heterocycles. The maximum Gasteiger partial charge on any atom is 4.00 e. The molecule has 0 saturated carbocycles. The third-order valence-electron chi connectivity index (χ3n) is 6.70. The van der Waals surface area contributed by atoms with Crippen molar-refractivity contribution in [3.05, 3.63) is 171 Å². The zero-order valence-electron chi connectivity index (χ0n) is 28.9. The van der Waals surface area contributed by atoms with E-state index in [1.165, 1.54) is 32.6 Å². The van der Waals surface area contributed by atoms with E-state index in [1.807, 2.05) is 12.3 Å². The van der Waals surface area contributed by atoms with Gasteiger partial charge in [0.1, 0.15) is 23.2 Å². The Hall–Kier alpha value is -2.99. The summed E-state index contributed by atoms with van der Waals surface area (Å²) in [6, 6.07) is 43.4. The summed E-state index contributed by atoms with van der Waals surface area (Å²) >= 11 is 0. The standard InChI is InChI=1S/C33H31N2P.3C2H6N.Hf/c1-25-23-26(2)32(27(3)24-25)35-33(31-21-13-14-22-34-31)36(28-15-7-4-8-16-28,29-17-9-5-10-18-29)30-19-11-6-12-20-30;3*1-3-2;/h4-24,33H,1-3H3;3*1-2H3;/q;3*-1;+4. The van der Waals surface area contributed by atoms with Crippen LogP contribution in [0.4, 0.5) is 5.69 Å². The molecular formula is C39H49HfN5P+. The molecule has 5 aromatic rings. The first-order valence-electron chi connectivity index (χ1n) is 15.0. The zero-order chi connectivity index (χ0) is 33.1. The molecule has 0 fully saturated rings. The van der Waals surface area contributed by atoms with Crippen molar-refractivity contribution in [2.45, 2.75) is 26.6 Å². The molecule has 238 valence electrons. The average Bonchev–Trinajstić information content (AvgIpc) is 3.05. The molecule has 0 saturated heterocycles. The van der Waals surface area contributed by atoms with Gasteiger partial charge in [-0.05, 0) is 69.3 Å². The maximum atomic E-state index is 5.66. The third-order valence-corrected chi connectivity index (χ3v) is 11.1. The summed E-state index contributed by atoms with van der Waals surface area (Å²) in [6.07, 6.45) is 1.89. The second kappa shape index (κ2) is 22.5. The van der Waals surface area contributed by atoms with E-state index < -0.39 is 7.26 Å². The van der Waals surface area contributed by atoms with Gasteiger partial charge in [-0.15, -0.1) is 5.69 Å². The van der Waals surface area contributed by atoms with Crippen molar-refractivity contribution in [2.75, 3.05) is 42.3 Å². The fourth-order valence-electron chi connectivity index (χ4n) is 5.24. The molecule has 5 rings (SSSR count). The molecule has 0 aliphatic heterocycles. The van der Waals surface area contributed by atoms with E-state index in [4.69, 9.17) is 10.3 Å². The fourth-order valence-corrected chi connectivity index (χ4v) is 9.75. The first-order chi connectivity index (χ1) is 21.8. The zero-order valence-corrected chi connectivity index (χ0v) is 33.4. The van der Waals surface area contributed by atoms with E-state index >= 15 is 0 Å². The SMILES string of the molecule is C[N-]C.C[N-]C.C[N-]C.Cc1cc(C)c([N-]C(c2ccccn2)[P+](c2ccccc2)(c2ccccc2)c2ccccc2)c(C)c1.[Hf+4]. The molecule has 1 atom stereocenters. The van der Waals surface area contributed by atoms with E-state index in [-0.39, 0.29) is 31.6 Å². The molecular weight excluding hydrogens is 748 g/mol. The molecule has 0 aliphatic rings. The van der Waals surface area contributed by atoms with Crippen LogP contribution >= 0.6 is 7.26 Å².